The van der Waals surface area contributed by atoms with Crippen molar-refractivity contribution in [1.82, 2.24) is 19.9 Å². The normalized spacial score (nSPS) is 17.9. The maximum Gasteiger partial charge on any atom is 0.165 e. The van der Waals surface area contributed by atoms with Gasteiger partial charge in [0.1, 0.15) is 30.6 Å². The largest absolute Gasteiger partial charge is 0.496 e. The van der Waals surface area contributed by atoms with E-state index in [9.17, 15) is 0 Å². The highest BCUT2D eigenvalue weighted by atomic mass is 16.6. The zero-order chi connectivity index (χ0) is 21.9. The predicted octanol–water partition coefficient (Wildman–Crippen LogP) is 4.04. The van der Waals surface area contributed by atoms with Gasteiger partial charge < -0.3 is 19.5 Å². The van der Waals surface area contributed by atoms with Gasteiger partial charge in [-0.25, -0.2) is 9.97 Å². The molecule has 1 saturated heterocycles. The van der Waals surface area contributed by atoms with Gasteiger partial charge in [0.25, 0.3) is 0 Å². The van der Waals surface area contributed by atoms with Gasteiger partial charge in [-0.1, -0.05) is 6.07 Å². The SMILES string of the molecule is COc1cc2c(cc1CN1CCCC1c1cncc(Nc3ncccc3C)n1)OCCO2. The molecule has 0 radical (unpaired) electrons. The van der Waals surface area contributed by atoms with Gasteiger partial charge in [-0.15, -0.1) is 0 Å². The minimum Gasteiger partial charge on any atom is -0.496 e. The van der Waals surface area contributed by atoms with Crippen molar-refractivity contribution < 1.29 is 14.2 Å². The van der Waals surface area contributed by atoms with Gasteiger partial charge in [0.05, 0.1) is 31.2 Å². The van der Waals surface area contributed by atoms with Gasteiger partial charge in [0.15, 0.2) is 11.5 Å². The number of rotatable bonds is 6. The first-order valence-corrected chi connectivity index (χ1v) is 10.9. The average Bonchev–Trinajstić information content (AvgIpc) is 3.28. The minimum absolute atomic E-state index is 0.187. The predicted molar refractivity (Wildman–Crippen MR) is 121 cm³/mol. The van der Waals surface area contributed by atoms with Crippen LogP contribution in [-0.2, 0) is 6.54 Å². The molecule has 0 amide bonds. The van der Waals surface area contributed by atoms with E-state index in [-0.39, 0.29) is 6.04 Å². The van der Waals surface area contributed by atoms with Crippen molar-refractivity contribution in [2.75, 3.05) is 32.2 Å². The standard InChI is InChI=1S/C24H27N5O3/c1-16-5-3-7-26-24(16)28-23-14-25-13-18(27-23)19-6-4-8-29(19)15-17-11-21-22(12-20(17)30-2)32-10-9-31-21/h3,5,7,11-14,19H,4,6,8-10,15H2,1-2H3,(H,26,27,28). The van der Waals surface area contributed by atoms with Gasteiger partial charge in [-0.3, -0.25) is 9.88 Å². The Balaban J connectivity index is 1.37. The lowest BCUT2D eigenvalue weighted by molar-refractivity contribution is 0.169. The summed E-state index contributed by atoms with van der Waals surface area (Å²) in [6.07, 6.45) is 7.51. The molecule has 0 saturated carbocycles. The van der Waals surface area contributed by atoms with Gasteiger partial charge in [0.2, 0.25) is 0 Å². The summed E-state index contributed by atoms with van der Waals surface area (Å²) >= 11 is 0. The molecule has 1 unspecified atom stereocenters. The molecule has 1 aromatic carbocycles. The summed E-state index contributed by atoms with van der Waals surface area (Å²) < 4.78 is 17.1. The summed E-state index contributed by atoms with van der Waals surface area (Å²) in [6.45, 7) is 4.87. The maximum absolute atomic E-state index is 5.79. The highest BCUT2D eigenvalue weighted by molar-refractivity contribution is 5.54. The number of methoxy groups -OCH3 is 1. The van der Waals surface area contributed by atoms with Crippen LogP contribution in [0.1, 0.15) is 35.7 Å². The molecule has 8 nitrogen and oxygen atoms in total. The molecule has 2 aliphatic heterocycles. The highest BCUT2D eigenvalue weighted by Gasteiger charge is 2.29. The minimum atomic E-state index is 0.187. The molecule has 1 N–H and O–H groups in total. The van der Waals surface area contributed by atoms with Crippen LogP contribution in [-0.4, -0.2) is 46.7 Å². The van der Waals surface area contributed by atoms with Crippen molar-refractivity contribution >= 4 is 11.6 Å². The number of ether oxygens (including phenoxy) is 3. The van der Waals surface area contributed by atoms with E-state index < -0.39 is 0 Å². The Labute approximate surface area is 187 Å². The lowest BCUT2D eigenvalue weighted by Crippen LogP contribution is -2.24. The van der Waals surface area contributed by atoms with Crippen LogP contribution < -0.4 is 19.5 Å². The van der Waals surface area contributed by atoms with Gasteiger partial charge >= 0.3 is 0 Å². The Morgan fingerprint density at radius 3 is 2.84 bits per heavy atom. The number of anilines is 2. The van der Waals surface area contributed by atoms with E-state index in [1.807, 2.05) is 37.4 Å². The van der Waals surface area contributed by atoms with E-state index in [1.165, 1.54) is 0 Å². The molecule has 1 atom stereocenters. The topological polar surface area (TPSA) is 81.6 Å². The van der Waals surface area contributed by atoms with E-state index >= 15 is 0 Å². The van der Waals surface area contributed by atoms with E-state index in [4.69, 9.17) is 19.2 Å². The molecular weight excluding hydrogens is 406 g/mol. The molecule has 2 aromatic heterocycles. The Morgan fingerprint density at radius 1 is 1.19 bits per heavy atom. The molecule has 0 aliphatic carbocycles. The molecule has 0 spiro atoms. The molecule has 1 fully saturated rings. The smallest absolute Gasteiger partial charge is 0.165 e. The van der Waals surface area contributed by atoms with Crippen LogP contribution in [0.3, 0.4) is 0 Å². The highest BCUT2D eigenvalue weighted by Crippen LogP contribution is 2.39. The van der Waals surface area contributed by atoms with Crippen molar-refractivity contribution in [3.8, 4) is 17.2 Å². The lowest BCUT2D eigenvalue weighted by Gasteiger charge is -2.26. The number of pyridine rings is 1. The van der Waals surface area contributed by atoms with E-state index in [1.54, 1.807) is 19.5 Å². The molecule has 4 heterocycles. The van der Waals surface area contributed by atoms with Crippen molar-refractivity contribution in [1.29, 1.82) is 0 Å². The summed E-state index contributed by atoms with van der Waals surface area (Å²) in [5.74, 6) is 3.83. The average molecular weight is 434 g/mol. The lowest BCUT2D eigenvalue weighted by atomic mass is 10.1. The van der Waals surface area contributed by atoms with E-state index in [0.29, 0.717) is 19.0 Å². The summed E-state index contributed by atoms with van der Waals surface area (Å²) in [5, 5.41) is 3.30. The number of aromatic nitrogens is 3. The summed E-state index contributed by atoms with van der Waals surface area (Å²) in [6, 6.07) is 8.09. The first-order valence-electron chi connectivity index (χ1n) is 10.9. The van der Waals surface area contributed by atoms with Crippen molar-refractivity contribution in [2.24, 2.45) is 0 Å². The van der Waals surface area contributed by atoms with Crippen LogP contribution in [0.25, 0.3) is 0 Å². The van der Waals surface area contributed by atoms with Gasteiger partial charge in [-0.05, 0) is 44.0 Å². The maximum atomic E-state index is 5.79. The Hall–Kier alpha value is -3.39. The molecular formula is C24H27N5O3. The van der Waals surface area contributed by atoms with Gasteiger partial charge in [0, 0.05) is 24.4 Å². The molecule has 32 heavy (non-hydrogen) atoms. The third-order valence-electron chi connectivity index (χ3n) is 5.93. The van der Waals surface area contributed by atoms with E-state index in [0.717, 1.165) is 65.8 Å². The van der Waals surface area contributed by atoms with Crippen LogP contribution in [0.4, 0.5) is 11.6 Å². The second-order valence-corrected chi connectivity index (χ2v) is 8.06. The van der Waals surface area contributed by atoms with Crippen LogP contribution in [0, 0.1) is 6.92 Å². The van der Waals surface area contributed by atoms with Crippen LogP contribution in [0.15, 0.2) is 42.9 Å². The first-order chi connectivity index (χ1) is 15.7. The zero-order valence-electron chi connectivity index (χ0n) is 18.4. The van der Waals surface area contributed by atoms with Crippen molar-refractivity contribution in [3.05, 3.63) is 59.7 Å². The summed E-state index contributed by atoms with van der Waals surface area (Å²) in [4.78, 5) is 16.1. The fourth-order valence-corrected chi connectivity index (χ4v) is 4.33. The second kappa shape index (κ2) is 9.00. The number of aryl methyl sites for hydroxylation is 1. The van der Waals surface area contributed by atoms with Crippen molar-refractivity contribution in [2.45, 2.75) is 32.4 Å². The third kappa shape index (κ3) is 4.18. The number of hydrogen-bond acceptors (Lipinski definition) is 8. The fraction of sp³-hybridized carbons (Fsp3) is 0.375. The molecule has 0 bridgehead atoms. The van der Waals surface area contributed by atoms with Gasteiger partial charge in [-0.2, -0.15) is 0 Å². The number of likely N-dealkylation sites (tertiary alicyclic amines) is 1. The number of nitrogens with zero attached hydrogens (tertiary/aromatic N) is 4. The molecule has 5 rings (SSSR count). The number of nitrogens with one attached hydrogen (secondary N) is 1. The zero-order valence-corrected chi connectivity index (χ0v) is 18.4. The summed E-state index contributed by atoms with van der Waals surface area (Å²) in [7, 11) is 1.69. The second-order valence-electron chi connectivity index (χ2n) is 8.06. The number of fused-ring (bicyclic) bond motifs is 1. The Kier molecular flexibility index (Phi) is 5.77. The van der Waals surface area contributed by atoms with Crippen LogP contribution >= 0.6 is 0 Å². The van der Waals surface area contributed by atoms with Crippen LogP contribution in [0.2, 0.25) is 0 Å². The molecule has 166 valence electrons. The quantitative estimate of drug-likeness (QED) is 0.624. The van der Waals surface area contributed by atoms with E-state index in [2.05, 4.69) is 20.2 Å². The number of hydrogen-bond donors (Lipinski definition) is 1. The monoisotopic (exact) mass is 433 g/mol. The Morgan fingerprint density at radius 2 is 2.03 bits per heavy atom. The van der Waals surface area contributed by atoms with Crippen molar-refractivity contribution in [3.63, 3.8) is 0 Å². The Bertz CT molecular complexity index is 1110. The molecule has 8 heteroatoms. The summed E-state index contributed by atoms with van der Waals surface area (Å²) in [5.41, 5.74) is 3.10. The molecule has 2 aliphatic rings. The molecule has 3 aromatic rings. The fourth-order valence-electron chi connectivity index (χ4n) is 4.33. The first kappa shape index (κ1) is 20.5. The third-order valence-corrected chi connectivity index (χ3v) is 5.93. The number of benzene rings is 1. The van der Waals surface area contributed by atoms with Crippen LogP contribution in [0.5, 0.6) is 17.2 Å².